The summed E-state index contributed by atoms with van der Waals surface area (Å²) in [5, 5.41) is 7.32. The maximum atomic E-state index is 5.91. The molecule has 0 unspecified atom stereocenters. The number of nitrogens with one attached hydrogen (secondary N) is 2. The van der Waals surface area contributed by atoms with Crippen LogP contribution in [0.15, 0.2) is 39.9 Å². The maximum Gasteiger partial charge on any atom is 0.216 e. The average molecular weight is 491 g/mol. The number of nitrogens with zero attached hydrogens (tertiary/aromatic N) is 2. The number of guanidine groups is 1. The lowest BCUT2D eigenvalue weighted by atomic mass is 9.94. The number of halogens is 2. The minimum Gasteiger partial charge on any atom is -0.443 e. The van der Waals surface area contributed by atoms with Crippen LogP contribution in [-0.2, 0) is 18.4 Å². The molecule has 1 aromatic carbocycles. The third kappa shape index (κ3) is 7.53. The van der Waals surface area contributed by atoms with Crippen molar-refractivity contribution in [2.24, 2.45) is 4.99 Å². The van der Waals surface area contributed by atoms with Gasteiger partial charge in [0, 0.05) is 23.5 Å². The molecule has 0 saturated carbocycles. The lowest BCUT2D eigenvalue weighted by molar-refractivity contribution is 0.383. The minimum absolute atomic E-state index is 0. The monoisotopic (exact) mass is 490 g/mol. The summed E-state index contributed by atoms with van der Waals surface area (Å²) in [5.41, 5.74) is 1.19. The third-order valence-corrected chi connectivity index (χ3v) is 3.88. The second-order valence-corrected chi connectivity index (χ2v) is 7.30. The highest BCUT2D eigenvalue weighted by atomic mass is 127. The summed E-state index contributed by atoms with van der Waals surface area (Å²) in [6, 6.07) is 7.89. The van der Waals surface area contributed by atoms with Gasteiger partial charge in [-0.2, -0.15) is 0 Å². The second kappa shape index (κ2) is 10.8. The van der Waals surface area contributed by atoms with Crippen molar-refractivity contribution in [1.29, 1.82) is 0 Å². The first kappa shape index (κ1) is 22.8. The molecule has 144 valence electrons. The van der Waals surface area contributed by atoms with Gasteiger partial charge >= 0.3 is 0 Å². The third-order valence-electron chi connectivity index (χ3n) is 3.63. The van der Waals surface area contributed by atoms with Crippen LogP contribution in [0, 0.1) is 0 Å². The molecule has 0 aliphatic heterocycles. The molecular weight excluding hydrogens is 463 g/mol. The SMILES string of the molecule is CCNC(=NCc1ncc(C(C)(C)C)o1)NCCc1ccc(Cl)cc1.I. The molecule has 0 atom stereocenters. The van der Waals surface area contributed by atoms with Crippen molar-refractivity contribution in [3.8, 4) is 0 Å². The summed E-state index contributed by atoms with van der Waals surface area (Å²) in [6.07, 6.45) is 2.68. The number of hydrogen-bond donors (Lipinski definition) is 2. The molecule has 0 radical (unpaired) electrons. The van der Waals surface area contributed by atoms with E-state index in [4.69, 9.17) is 16.0 Å². The van der Waals surface area contributed by atoms with Crippen molar-refractivity contribution in [3.63, 3.8) is 0 Å². The van der Waals surface area contributed by atoms with Crippen LogP contribution in [-0.4, -0.2) is 24.0 Å². The summed E-state index contributed by atoms with van der Waals surface area (Å²) in [4.78, 5) is 8.85. The van der Waals surface area contributed by atoms with Crippen LogP contribution in [0.2, 0.25) is 5.02 Å². The Morgan fingerprint density at radius 3 is 2.46 bits per heavy atom. The molecule has 1 heterocycles. The van der Waals surface area contributed by atoms with Gasteiger partial charge in [-0.25, -0.2) is 9.98 Å². The lowest BCUT2D eigenvalue weighted by Gasteiger charge is -2.13. The van der Waals surface area contributed by atoms with E-state index < -0.39 is 0 Å². The summed E-state index contributed by atoms with van der Waals surface area (Å²) in [5.74, 6) is 2.25. The maximum absolute atomic E-state index is 5.91. The number of aromatic nitrogens is 1. The predicted molar refractivity (Wildman–Crippen MR) is 119 cm³/mol. The van der Waals surface area contributed by atoms with E-state index in [9.17, 15) is 0 Å². The van der Waals surface area contributed by atoms with Crippen LogP contribution in [0.1, 0.15) is 44.9 Å². The Bertz CT molecular complexity index is 692. The van der Waals surface area contributed by atoms with Crippen LogP contribution in [0.25, 0.3) is 0 Å². The van der Waals surface area contributed by atoms with E-state index in [1.165, 1.54) is 5.56 Å². The molecular formula is C19H28ClIN4O. The summed E-state index contributed by atoms with van der Waals surface area (Å²) >= 11 is 5.91. The van der Waals surface area contributed by atoms with Crippen LogP contribution in [0.5, 0.6) is 0 Å². The Morgan fingerprint density at radius 2 is 1.88 bits per heavy atom. The largest absolute Gasteiger partial charge is 0.443 e. The van der Waals surface area contributed by atoms with E-state index in [0.29, 0.717) is 12.4 Å². The smallest absolute Gasteiger partial charge is 0.216 e. The Morgan fingerprint density at radius 1 is 1.19 bits per heavy atom. The van der Waals surface area contributed by atoms with Crippen molar-refractivity contribution < 1.29 is 4.42 Å². The first-order valence-electron chi connectivity index (χ1n) is 8.60. The van der Waals surface area contributed by atoms with Crippen LogP contribution < -0.4 is 10.6 Å². The molecule has 0 bridgehead atoms. The van der Waals surface area contributed by atoms with Crippen LogP contribution in [0.3, 0.4) is 0 Å². The van der Waals surface area contributed by atoms with E-state index in [1.807, 2.05) is 31.2 Å². The molecule has 2 N–H and O–H groups in total. The van der Waals surface area contributed by atoms with E-state index >= 15 is 0 Å². The second-order valence-electron chi connectivity index (χ2n) is 6.87. The van der Waals surface area contributed by atoms with Gasteiger partial charge in [-0.05, 0) is 31.0 Å². The first-order chi connectivity index (χ1) is 11.9. The van der Waals surface area contributed by atoms with Gasteiger partial charge in [0.05, 0.1) is 6.20 Å². The molecule has 0 aliphatic carbocycles. The van der Waals surface area contributed by atoms with Crippen LogP contribution in [0.4, 0.5) is 0 Å². The van der Waals surface area contributed by atoms with Crippen molar-refractivity contribution in [3.05, 3.63) is 52.7 Å². The summed E-state index contributed by atoms with van der Waals surface area (Å²) in [7, 11) is 0. The number of hydrogen-bond acceptors (Lipinski definition) is 3. The number of aliphatic imine (C=N–C) groups is 1. The fourth-order valence-electron chi connectivity index (χ4n) is 2.19. The Kier molecular flexibility index (Phi) is 9.43. The van der Waals surface area contributed by atoms with Crippen molar-refractivity contribution >= 4 is 41.5 Å². The van der Waals surface area contributed by atoms with Crippen molar-refractivity contribution in [2.75, 3.05) is 13.1 Å². The van der Waals surface area contributed by atoms with Gasteiger partial charge in [-0.15, -0.1) is 24.0 Å². The average Bonchev–Trinajstić information content (AvgIpc) is 3.04. The summed E-state index contributed by atoms with van der Waals surface area (Å²) < 4.78 is 5.78. The Balaban J connectivity index is 0.00000338. The minimum atomic E-state index is -0.0453. The zero-order valence-corrected chi connectivity index (χ0v) is 18.9. The lowest BCUT2D eigenvalue weighted by Crippen LogP contribution is -2.38. The van der Waals surface area contributed by atoms with Gasteiger partial charge < -0.3 is 15.1 Å². The molecule has 26 heavy (non-hydrogen) atoms. The highest BCUT2D eigenvalue weighted by Gasteiger charge is 2.18. The zero-order valence-electron chi connectivity index (χ0n) is 15.8. The predicted octanol–water partition coefficient (Wildman–Crippen LogP) is 4.54. The van der Waals surface area contributed by atoms with Gasteiger partial charge in [-0.3, -0.25) is 0 Å². The van der Waals surface area contributed by atoms with Gasteiger partial charge in [0.2, 0.25) is 5.89 Å². The standard InChI is InChI=1S/C19H27ClN4O.HI/c1-5-21-18(22-11-10-14-6-8-15(20)9-7-14)24-13-17-23-12-16(25-17)19(2,3)4;/h6-9,12H,5,10-11,13H2,1-4H3,(H2,21,22,24);1H. The highest BCUT2D eigenvalue weighted by molar-refractivity contribution is 14.0. The van der Waals surface area contributed by atoms with Gasteiger partial charge in [0.15, 0.2) is 5.96 Å². The topological polar surface area (TPSA) is 62.5 Å². The normalized spacial score (nSPS) is 11.8. The van der Waals surface area contributed by atoms with E-state index in [2.05, 4.69) is 41.4 Å². The van der Waals surface area contributed by atoms with Crippen LogP contribution >= 0.6 is 35.6 Å². The molecule has 0 saturated heterocycles. The van der Waals surface area contributed by atoms with Crippen molar-refractivity contribution in [2.45, 2.75) is 46.1 Å². The molecule has 2 rings (SSSR count). The molecule has 0 amide bonds. The highest BCUT2D eigenvalue weighted by Crippen LogP contribution is 2.22. The fourth-order valence-corrected chi connectivity index (χ4v) is 2.32. The number of oxazole rings is 1. The first-order valence-corrected chi connectivity index (χ1v) is 8.98. The van der Waals surface area contributed by atoms with E-state index in [-0.39, 0.29) is 29.4 Å². The molecule has 5 nitrogen and oxygen atoms in total. The Labute approximate surface area is 178 Å². The molecule has 0 aliphatic rings. The molecule has 7 heteroatoms. The fraction of sp³-hybridized carbons (Fsp3) is 0.474. The molecule has 2 aromatic rings. The van der Waals surface area contributed by atoms with Gasteiger partial charge in [0.25, 0.3) is 0 Å². The van der Waals surface area contributed by atoms with Gasteiger partial charge in [-0.1, -0.05) is 44.5 Å². The summed E-state index contributed by atoms with van der Waals surface area (Å²) in [6.45, 7) is 10.3. The quantitative estimate of drug-likeness (QED) is 0.354. The Hall–Kier alpha value is -1.28. The van der Waals surface area contributed by atoms with Crippen molar-refractivity contribution in [1.82, 2.24) is 15.6 Å². The number of benzene rings is 1. The van der Waals surface area contributed by atoms with E-state index in [1.54, 1.807) is 6.20 Å². The van der Waals surface area contributed by atoms with Gasteiger partial charge in [0.1, 0.15) is 12.3 Å². The number of rotatable bonds is 6. The van der Waals surface area contributed by atoms with E-state index in [0.717, 1.165) is 36.3 Å². The molecule has 0 spiro atoms. The molecule has 1 aromatic heterocycles. The molecule has 0 fully saturated rings. The zero-order chi connectivity index (χ0) is 18.3.